The zero-order valence-corrected chi connectivity index (χ0v) is 19.0. The van der Waals surface area contributed by atoms with Gasteiger partial charge in [0.2, 0.25) is 6.79 Å². The predicted octanol–water partition coefficient (Wildman–Crippen LogP) is 3.40. The molecule has 2 aromatic rings. The van der Waals surface area contributed by atoms with Gasteiger partial charge in [0, 0.05) is 57.4 Å². The van der Waals surface area contributed by atoms with Crippen LogP contribution in [0.1, 0.15) is 41.3 Å². The van der Waals surface area contributed by atoms with Gasteiger partial charge in [-0.25, -0.2) is 0 Å². The molecule has 3 aliphatic rings. The summed E-state index contributed by atoms with van der Waals surface area (Å²) >= 11 is 0. The maximum absolute atomic E-state index is 11.7. The number of ketones is 1. The van der Waals surface area contributed by atoms with Gasteiger partial charge in [0.05, 0.1) is 0 Å². The lowest BCUT2D eigenvalue weighted by Gasteiger charge is -2.43. The average Bonchev–Trinajstić information content (AvgIpc) is 3.28. The van der Waals surface area contributed by atoms with Gasteiger partial charge in [-0.1, -0.05) is 24.3 Å². The highest BCUT2D eigenvalue weighted by atomic mass is 16.7. The number of Topliss-reactive ketones (excluding diaryl/α,β-unsaturated/α-hetero) is 1. The van der Waals surface area contributed by atoms with E-state index in [4.69, 9.17) is 9.47 Å². The van der Waals surface area contributed by atoms with Crippen LogP contribution in [0.15, 0.2) is 42.5 Å². The van der Waals surface area contributed by atoms with E-state index in [0.29, 0.717) is 12.8 Å². The van der Waals surface area contributed by atoms with Crippen LogP contribution in [0, 0.1) is 0 Å². The normalized spacial score (nSPS) is 22.2. The third-order valence-electron chi connectivity index (χ3n) is 6.99. The molecule has 170 valence electrons. The number of carbonyl (C=O) groups is 1. The lowest BCUT2D eigenvalue weighted by Crippen LogP contribution is -2.54. The number of fused-ring (bicyclic) bond motifs is 1. The zero-order chi connectivity index (χ0) is 21.9. The highest BCUT2D eigenvalue weighted by Crippen LogP contribution is 2.33. The molecule has 0 amide bonds. The fourth-order valence-electron chi connectivity index (χ4n) is 5.20. The second kappa shape index (κ2) is 9.61. The van der Waals surface area contributed by atoms with Gasteiger partial charge in [0.25, 0.3) is 0 Å². The van der Waals surface area contributed by atoms with E-state index in [1.807, 2.05) is 18.2 Å². The van der Waals surface area contributed by atoms with Crippen molar-refractivity contribution in [3.63, 3.8) is 0 Å². The van der Waals surface area contributed by atoms with E-state index in [1.54, 1.807) is 6.92 Å². The molecule has 0 aromatic heterocycles. The molecule has 2 saturated heterocycles. The number of carbonyl (C=O) groups excluding carboxylic acids is 1. The van der Waals surface area contributed by atoms with Crippen LogP contribution in [-0.4, -0.2) is 72.6 Å². The van der Waals surface area contributed by atoms with Gasteiger partial charge >= 0.3 is 0 Å². The van der Waals surface area contributed by atoms with E-state index in [0.717, 1.165) is 69.4 Å². The highest BCUT2D eigenvalue weighted by molar-refractivity contribution is 5.94. The Morgan fingerprint density at radius 1 is 0.906 bits per heavy atom. The summed E-state index contributed by atoms with van der Waals surface area (Å²) in [7, 11) is 0. The Morgan fingerprint density at radius 3 is 2.53 bits per heavy atom. The molecule has 0 N–H and O–H groups in total. The molecular weight excluding hydrogens is 402 g/mol. The highest BCUT2D eigenvalue weighted by Gasteiger charge is 2.28. The largest absolute Gasteiger partial charge is 0.454 e. The minimum absolute atomic E-state index is 0.141. The van der Waals surface area contributed by atoms with E-state index < -0.39 is 0 Å². The Hall–Kier alpha value is -2.41. The lowest BCUT2D eigenvalue weighted by molar-refractivity contribution is 0.0477. The van der Waals surface area contributed by atoms with Crippen LogP contribution in [-0.2, 0) is 13.1 Å². The Morgan fingerprint density at radius 2 is 1.69 bits per heavy atom. The van der Waals surface area contributed by atoms with Gasteiger partial charge in [-0.3, -0.25) is 19.5 Å². The molecule has 2 fully saturated rings. The van der Waals surface area contributed by atoms with Crippen LogP contribution >= 0.6 is 0 Å². The number of ether oxygens (including phenoxy) is 2. The van der Waals surface area contributed by atoms with Crippen LogP contribution < -0.4 is 9.47 Å². The van der Waals surface area contributed by atoms with Crippen LogP contribution in [0.25, 0.3) is 0 Å². The van der Waals surface area contributed by atoms with Crippen molar-refractivity contribution in [3.05, 3.63) is 59.2 Å². The summed E-state index contributed by atoms with van der Waals surface area (Å²) in [6, 6.07) is 15.0. The number of piperidine rings is 1. The molecule has 32 heavy (non-hydrogen) atoms. The maximum Gasteiger partial charge on any atom is 0.231 e. The van der Waals surface area contributed by atoms with E-state index >= 15 is 0 Å². The second-order valence-corrected chi connectivity index (χ2v) is 9.29. The molecule has 5 rings (SSSR count). The summed E-state index contributed by atoms with van der Waals surface area (Å²) in [4.78, 5) is 19.5. The first-order valence-corrected chi connectivity index (χ1v) is 11.8. The molecule has 0 spiro atoms. The fourth-order valence-corrected chi connectivity index (χ4v) is 5.20. The van der Waals surface area contributed by atoms with Crippen LogP contribution in [0.3, 0.4) is 0 Å². The second-order valence-electron chi connectivity index (χ2n) is 9.29. The molecule has 1 atom stereocenters. The van der Waals surface area contributed by atoms with E-state index in [-0.39, 0.29) is 5.78 Å². The van der Waals surface area contributed by atoms with E-state index in [1.165, 1.54) is 24.0 Å². The molecule has 0 aliphatic carbocycles. The smallest absolute Gasteiger partial charge is 0.231 e. The van der Waals surface area contributed by atoms with Gasteiger partial charge in [-0.05, 0) is 55.6 Å². The summed E-state index contributed by atoms with van der Waals surface area (Å²) in [5.74, 6) is 1.87. The van der Waals surface area contributed by atoms with Crippen LogP contribution in [0.4, 0.5) is 0 Å². The number of benzene rings is 2. The third kappa shape index (κ3) is 4.98. The molecule has 0 unspecified atom stereocenters. The van der Waals surface area contributed by atoms with Gasteiger partial charge in [-0.2, -0.15) is 0 Å². The Labute approximate surface area is 190 Å². The van der Waals surface area contributed by atoms with Gasteiger partial charge < -0.3 is 9.47 Å². The van der Waals surface area contributed by atoms with Crippen molar-refractivity contribution in [2.24, 2.45) is 0 Å². The first-order chi connectivity index (χ1) is 15.6. The third-order valence-corrected chi connectivity index (χ3v) is 6.99. The molecule has 6 heteroatoms. The van der Waals surface area contributed by atoms with Crippen molar-refractivity contribution in [3.8, 4) is 11.5 Å². The SMILES string of the molecule is CC(=O)c1cccc(CN2CCC[C@H](N3CCN(Cc4ccc5c(c4)OCO5)CC3)C2)c1. The van der Waals surface area contributed by atoms with E-state index in [9.17, 15) is 4.79 Å². The summed E-state index contributed by atoms with van der Waals surface area (Å²) in [6.07, 6.45) is 2.53. The molecule has 0 radical (unpaired) electrons. The Balaban J connectivity index is 1.12. The monoisotopic (exact) mass is 435 g/mol. The molecule has 3 heterocycles. The Bertz CT molecular complexity index is 955. The van der Waals surface area contributed by atoms with Crippen LogP contribution in [0.2, 0.25) is 0 Å². The molecule has 6 nitrogen and oxygen atoms in total. The summed E-state index contributed by atoms with van der Waals surface area (Å²) in [5.41, 5.74) is 3.35. The van der Waals surface area contributed by atoms with E-state index in [2.05, 4.69) is 39.0 Å². The number of rotatable bonds is 6. The Kier molecular flexibility index (Phi) is 6.44. The molecule has 0 bridgehead atoms. The predicted molar refractivity (Wildman–Crippen MR) is 124 cm³/mol. The van der Waals surface area contributed by atoms with Gasteiger partial charge in [-0.15, -0.1) is 0 Å². The van der Waals surface area contributed by atoms with Crippen molar-refractivity contribution in [1.29, 1.82) is 0 Å². The quantitative estimate of drug-likeness (QED) is 0.648. The molecule has 0 saturated carbocycles. The number of piperazine rings is 1. The maximum atomic E-state index is 11.7. The van der Waals surface area contributed by atoms with Crippen molar-refractivity contribution in [1.82, 2.24) is 14.7 Å². The lowest BCUT2D eigenvalue weighted by atomic mass is 10.0. The number of hydrogen-bond acceptors (Lipinski definition) is 6. The zero-order valence-electron chi connectivity index (χ0n) is 19.0. The number of hydrogen-bond donors (Lipinski definition) is 0. The molecular formula is C26H33N3O3. The average molecular weight is 436 g/mol. The molecule has 2 aromatic carbocycles. The summed E-state index contributed by atoms with van der Waals surface area (Å²) in [6.45, 7) is 10.6. The molecule has 3 aliphatic heterocycles. The first kappa shape index (κ1) is 21.4. The van der Waals surface area contributed by atoms with Gasteiger partial charge in [0.15, 0.2) is 17.3 Å². The summed E-state index contributed by atoms with van der Waals surface area (Å²) in [5, 5.41) is 0. The summed E-state index contributed by atoms with van der Waals surface area (Å²) < 4.78 is 11.0. The van der Waals surface area contributed by atoms with Gasteiger partial charge in [0.1, 0.15) is 0 Å². The fraction of sp³-hybridized carbons (Fsp3) is 0.500. The first-order valence-electron chi connectivity index (χ1n) is 11.8. The number of likely N-dealkylation sites (tertiary alicyclic amines) is 1. The van der Waals surface area contributed by atoms with Crippen molar-refractivity contribution >= 4 is 5.78 Å². The number of nitrogens with zero attached hydrogens (tertiary/aromatic N) is 3. The van der Waals surface area contributed by atoms with Crippen molar-refractivity contribution in [2.75, 3.05) is 46.1 Å². The standard InChI is InChI=1S/C26H33N3O3/c1-20(30)23-5-2-4-21(14-23)17-28-9-3-6-24(18-28)29-12-10-27(11-13-29)16-22-7-8-25-26(15-22)32-19-31-25/h2,4-5,7-8,14-15,24H,3,6,9-13,16-19H2,1H3/t24-/m0/s1. The van der Waals surface area contributed by atoms with Crippen molar-refractivity contribution < 1.29 is 14.3 Å². The van der Waals surface area contributed by atoms with Crippen molar-refractivity contribution in [2.45, 2.75) is 38.9 Å². The minimum Gasteiger partial charge on any atom is -0.454 e. The topological polar surface area (TPSA) is 45.3 Å². The van der Waals surface area contributed by atoms with Crippen LogP contribution in [0.5, 0.6) is 11.5 Å². The minimum atomic E-state index is 0.141.